The van der Waals surface area contributed by atoms with Crippen LogP contribution in [0, 0.1) is 28.1 Å². The fourth-order valence-corrected chi connectivity index (χ4v) is 7.23. The highest BCUT2D eigenvalue weighted by molar-refractivity contribution is 5.75. The van der Waals surface area contributed by atoms with Gasteiger partial charge in [-0.1, -0.05) is 13.3 Å². The van der Waals surface area contributed by atoms with Crippen LogP contribution >= 0.6 is 0 Å². The minimum Gasteiger partial charge on any atom is -0.481 e. The molecule has 4 fully saturated rings. The summed E-state index contributed by atoms with van der Waals surface area (Å²) < 4.78 is 5.52. The van der Waals surface area contributed by atoms with Crippen molar-refractivity contribution in [2.45, 2.75) is 77.7 Å². The largest absolute Gasteiger partial charge is 0.481 e. The lowest BCUT2D eigenvalue weighted by Crippen LogP contribution is -2.61. The maximum absolute atomic E-state index is 12.1. The lowest BCUT2D eigenvalue weighted by Gasteiger charge is -2.65. The van der Waals surface area contributed by atoms with Crippen LogP contribution in [0.2, 0.25) is 0 Å². The molecule has 2 bridgehead atoms. The number of hydrogen-bond acceptors (Lipinski definition) is 3. The summed E-state index contributed by atoms with van der Waals surface area (Å²) in [5.41, 5.74) is -0.451. The molecule has 0 aromatic rings. The first-order valence-corrected chi connectivity index (χ1v) is 9.23. The maximum Gasteiger partial charge on any atom is 0.309 e. The molecular formula is C19H28O4. The van der Waals surface area contributed by atoms with Gasteiger partial charge < -0.3 is 9.84 Å². The average molecular weight is 320 g/mol. The SMILES string of the molecule is C[C@@]12CCC[C@@](C)(C(=O)O)[C@H]1CC[C@]13CC(=O)O[C@@H](CC[C@H]12)C3. The number of rotatable bonds is 1. The van der Waals surface area contributed by atoms with Gasteiger partial charge in [0.2, 0.25) is 0 Å². The van der Waals surface area contributed by atoms with Crippen LogP contribution < -0.4 is 0 Å². The van der Waals surface area contributed by atoms with E-state index in [2.05, 4.69) is 6.92 Å². The molecule has 1 N–H and O–H groups in total. The van der Waals surface area contributed by atoms with E-state index in [9.17, 15) is 14.7 Å². The van der Waals surface area contributed by atoms with E-state index in [1.54, 1.807) is 0 Å². The van der Waals surface area contributed by atoms with Gasteiger partial charge in [-0.3, -0.25) is 9.59 Å². The summed E-state index contributed by atoms with van der Waals surface area (Å²) in [6.07, 6.45) is 8.61. The Hall–Kier alpha value is -1.06. The highest BCUT2D eigenvalue weighted by Gasteiger charge is 2.65. The van der Waals surface area contributed by atoms with Crippen molar-refractivity contribution in [3.8, 4) is 0 Å². The second-order valence-corrected chi connectivity index (χ2v) is 9.16. The molecule has 4 rings (SSSR count). The Morgan fingerprint density at radius 1 is 1.13 bits per heavy atom. The van der Waals surface area contributed by atoms with Crippen molar-refractivity contribution < 1.29 is 19.4 Å². The topological polar surface area (TPSA) is 63.6 Å². The standard InChI is InChI=1S/C19H28O4/c1-17-7-3-8-18(2,16(21)22)13(17)6-9-19-10-12(4-5-14(17)19)23-15(20)11-19/h12-14H,3-11H2,1-2H3,(H,21,22)/t12-,13-,14-,17+,18+,19-/m0/s1. The van der Waals surface area contributed by atoms with E-state index in [1.807, 2.05) is 6.92 Å². The van der Waals surface area contributed by atoms with Gasteiger partial charge in [-0.15, -0.1) is 0 Å². The summed E-state index contributed by atoms with van der Waals surface area (Å²) in [7, 11) is 0. The van der Waals surface area contributed by atoms with E-state index >= 15 is 0 Å². The second kappa shape index (κ2) is 4.73. The van der Waals surface area contributed by atoms with Crippen LogP contribution in [0.1, 0.15) is 71.6 Å². The molecule has 0 amide bonds. The predicted molar refractivity (Wildman–Crippen MR) is 84.7 cm³/mol. The summed E-state index contributed by atoms with van der Waals surface area (Å²) in [5, 5.41) is 9.89. The minimum absolute atomic E-state index is 0.0233. The molecular weight excluding hydrogens is 292 g/mol. The zero-order valence-corrected chi connectivity index (χ0v) is 14.3. The molecule has 3 aliphatic carbocycles. The number of aliphatic carboxylic acids is 1. The van der Waals surface area contributed by atoms with Crippen LogP contribution in [0.5, 0.6) is 0 Å². The molecule has 0 aromatic carbocycles. The highest BCUT2D eigenvalue weighted by atomic mass is 16.5. The van der Waals surface area contributed by atoms with Crippen molar-refractivity contribution in [2.75, 3.05) is 0 Å². The van der Waals surface area contributed by atoms with Crippen LogP contribution in [0.4, 0.5) is 0 Å². The minimum atomic E-state index is -0.624. The number of ether oxygens (including phenoxy) is 1. The van der Waals surface area contributed by atoms with E-state index in [-0.39, 0.29) is 28.8 Å². The molecule has 0 aromatic heterocycles. The van der Waals surface area contributed by atoms with Gasteiger partial charge in [-0.05, 0) is 74.5 Å². The van der Waals surface area contributed by atoms with Gasteiger partial charge in [0.05, 0.1) is 11.8 Å². The Balaban J connectivity index is 1.74. The number of carboxylic acids is 1. The van der Waals surface area contributed by atoms with Gasteiger partial charge in [0, 0.05) is 0 Å². The first kappa shape index (κ1) is 15.5. The van der Waals surface area contributed by atoms with Crippen molar-refractivity contribution in [3.63, 3.8) is 0 Å². The van der Waals surface area contributed by atoms with Crippen LogP contribution in [-0.4, -0.2) is 23.1 Å². The predicted octanol–water partition coefficient (Wildman–Crippen LogP) is 3.78. The van der Waals surface area contributed by atoms with Gasteiger partial charge >= 0.3 is 11.9 Å². The van der Waals surface area contributed by atoms with Crippen molar-refractivity contribution in [2.24, 2.45) is 28.1 Å². The lowest BCUT2D eigenvalue weighted by atomic mass is 9.39. The van der Waals surface area contributed by atoms with E-state index < -0.39 is 11.4 Å². The molecule has 6 atom stereocenters. The van der Waals surface area contributed by atoms with Crippen LogP contribution in [0.3, 0.4) is 0 Å². The smallest absolute Gasteiger partial charge is 0.309 e. The van der Waals surface area contributed by atoms with Gasteiger partial charge in [0.25, 0.3) is 0 Å². The molecule has 1 saturated heterocycles. The van der Waals surface area contributed by atoms with Crippen LogP contribution in [0.25, 0.3) is 0 Å². The van der Waals surface area contributed by atoms with E-state index in [0.717, 1.165) is 51.4 Å². The summed E-state index contributed by atoms with van der Waals surface area (Å²) in [6, 6.07) is 0. The van der Waals surface area contributed by atoms with Crippen molar-refractivity contribution in [1.82, 2.24) is 0 Å². The van der Waals surface area contributed by atoms with Gasteiger partial charge in [0.15, 0.2) is 0 Å². The molecule has 0 radical (unpaired) electrons. The lowest BCUT2D eigenvalue weighted by molar-refractivity contribution is -0.212. The van der Waals surface area contributed by atoms with Gasteiger partial charge in [-0.2, -0.15) is 0 Å². The molecule has 4 aliphatic rings. The van der Waals surface area contributed by atoms with E-state index in [0.29, 0.717) is 12.3 Å². The van der Waals surface area contributed by atoms with Crippen molar-refractivity contribution >= 4 is 11.9 Å². The van der Waals surface area contributed by atoms with Crippen LogP contribution in [0.15, 0.2) is 0 Å². The number of carbonyl (C=O) groups is 2. The Bertz CT molecular complexity index is 558. The summed E-state index contributed by atoms with van der Waals surface area (Å²) in [4.78, 5) is 24.1. The van der Waals surface area contributed by atoms with Crippen molar-refractivity contribution in [3.05, 3.63) is 0 Å². The first-order chi connectivity index (χ1) is 10.8. The second-order valence-electron chi connectivity index (χ2n) is 9.16. The Kier molecular flexibility index (Phi) is 3.18. The fraction of sp³-hybridized carbons (Fsp3) is 0.895. The van der Waals surface area contributed by atoms with E-state index in [1.165, 1.54) is 0 Å². The molecule has 4 heteroatoms. The third-order valence-electron chi connectivity index (χ3n) is 8.14. The highest BCUT2D eigenvalue weighted by Crippen LogP contribution is 2.69. The summed E-state index contributed by atoms with van der Waals surface area (Å²) in [6.45, 7) is 4.31. The number of hydrogen-bond donors (Lipinski definition) is 1. The van der Waals surface area contributed by atoms with Gasteiger partial charge in [-0.25, -0.2) is 0 Å². The molecule has 4 nitrogen and oxygen atoms in total. The average Bonchev–Trinajstić information content (AvgIpc) is 2.45. The fourth-order valence-electron chi connectivity index (χ4n) is 7.23. The van der Waals surface area contributed by atoms with Crippen LogP contribution in [-0.2, 0) is 14.3 Å². The first-order valence-electron chi connectivity index (χ1n) is 9.23. The summed E-state index contributed by atoms with van der Waals surface area (Å²) >= 11 is 0. The molecule has 128 valence electrons. The quantitative estimate of drug-likeness (QED) is 0.747. The number of fused-ring (bicyclic) bond motifs is 3. The third kappa shape index (κ3) is 1.96. The Morgan fingerprint density at radius 3 is 2.65 bits per heavy atom. The molecule has 23 heavy (non-hydrogen) atoms. The number of carboxylic acid groups (broad SMARTS) is 1. The number of esters is 1. The molecule has 1 spiro atoms. The maximum atomic E-state index is 12.1. The van der Waals surface area contributed by atoms with E-state index in [4.69, 9.17) is 4.74 Å². The molecule has 1 aliphatic heterocycles. The third-order valence-corrected chi connectivity index (χ3v) is 8.14. The number of carbonyl (C=O) groups excluding carboxylic acids is 1. The normalized spacial score (nSPS) is 52.1. The monoisotopic (exact) mass is 320 g/mol. The summed E-state index contributed by atoms with van der Waals surface area (Å²) in [5.74, 6) is 0.0779. The molecule has 1 heterocycles. The molecule has 3 saturated carbocycles. The molecule has 0 unspecified atom stereocenters. The van der Waals surface area contributed by atoms with Gasteiger partial charge in [0.1, 0.15) is 6.10 Å². The Labute approximate surface area is 138 Å². The zero-order valence-electron chi connectivity index (χ0n) is 14.3. The zero-order chi connectivity index (χ0) is 16.5. The van der Waals surface area contributed by atoms with Crippen molar-refractivity contribution in [1.29, 1.82) is 0 Å². The Morgan fingerprint density at radius 2 is 1.91 bits per heavy atom.